The third kappa shape index (κ3) is 3.56. The number of benzene rings is 2. The summed E-state index contributed by atoms with van der Waals surface area (Å²) in [6, 6.07) is 15.2. The van der Waals surface area contributed by atoms with E-state index in [-0.39, 0.29) is 11.9 Å². The lowest BCUT2D eigenvalue weighted by atomic mass is 10.2. The Labute approximate surface area is 141 Å². The smallest absolute Gasteiger partial charge is 0.261 e. The number of hydrogen-bond acceptors (Lipinski definition) is 3. The molecular formula is C19H21N3O2. The van der Waals surface area contributed by atoms with Gasteiger partial charge in [-0.25, -0.2) is 4.98 Å². The first-order chi connectivity index (χ1) is 11.5. The normalized spacial score (nSPS) is 13.5. The van der Waals surface area contributed by atoms with Crippen molar-refractivity contribution in [3.63, 3.8) is 0 Å². The van der Waals surface area contributed by atoms with E-state index in [1.165, 1.54) is 0 Å². The van der Waals surface area contributed by atoms with Crippen LogP contribution in [0, 0.1) is 6.92 Å². The number of carbonyl (C=O) groups is 1. The molecule has 0 saturated heterocycles. The van der Waals surface area contributed by atoms with Crippen LogP contribution in [0.4, 0.5) is 0 Å². The summed E-state index contributed by atoms with van der Waals surface area (Å²) in [5.74, 6) is 1.23. The molecule has 2 atom stereocenters. The summed E-state index contributed by atoms with van der Waals surface area (Å²) in [7, 11) is 0. The third-order valence-corrected chi connectivity index (χ3v) is 3.88. The molecular weight excluding hydrogens is 302 g/mol. The van der Waals surface area contributed by atoms with Crippen LogP contribution in [0.25, 0.3) is 11.0 Å². The lowest BCUT2D eigenvalue weighted by Crippen LogP contribution is -2.38. The Balaban J connectivity index is 1.63. The number of aromatic amines is 1. The summed E-state index contributed by atoms with van der Waals surface area (Å²) in [5, 5.41) is 2.93. The van der Waals surface area contributed by atoms with E-state index in [2.05, 4.69) is 15.3 Å². The molecule has 3 rings (SSSR count). The molecule has 0 aliphatic heterocycles. The Bertz CT molecular complexity index is 806. The lowest BCUT2D eigenvalue weighted by molar-refractivity contribution is -0.128. The van der Waals surface area contributed by atoms with Crippen LogP contribution in [0.15, 0.2) is 48.5 Å². The molecule has 5 nitrogen and oxygen atoms in total. The van der Waals surface area contributed by atoms with Gasteiger partial charge in [0.2, 0.25) is 0 Å². The maximum Gasteiger partial charge on any atom is 0.261 e. The van der Waals surface area contributed by atoms with Crippen LogP contribution in [0.2, 0.25) is 0 Å². The number of hydrogen-bond donors (Lipinski definition) is 2. The van der Waals surface area contributed by atoms with E-state index >= 15 is 0 Å². The summed E-state index contributed by atoms with van der Waals surface area (Å²) >= 11 is 0. The maximum absolute atomic E-state index is 12.3. The molecule has 0 saturated carbocycles. The SMILES string of the molecule is Cc1ccc(OC(C)C(=O)NC(C)c2nc3ccccc3[nH]2)cc1. The van der Waals surface area contributed by atoms with Gasteiger partial charge in [0.1, 0.15) is 11.6 Å². The number of carbonyl (C=O) groups excluding carboxylic acids is 1. The highest BCUT2D eigenvalue weighted by atomic mass is 16.5. The minimum Gasteiger partial charge on any atom is -0.481 e. The summed E-state index contributed by atoms with van der Waals surface area (Å²) in [6.45, 7) is 5.64. The van der Waals surface area contributed by atoms with Crippen LogP contribution in [-0.2, 0) is 4.79 Å². The standard InChI is InChI=1S/C19H21N3O2/c1-12-8-10-15(11-9-12)24-14(3)19(23)20-13(2)18-21-16-6-4-5-7-17(16)22-18/h4-11,13-14H,1-3H3,(H,20,23)(H,21,22). The molecule has 2 aromatic carbocycles. The van der Waals surface area contributed by atoms with Crippen molar-refractivity contribution >= 4 is 16.9 Å². The van der Waals surface area contributed by atoms with Crippen molar-refractivity contribution in [3.8, 4) is 5.75 Å². The molecule has 0 aliphatic carbocycles. The molecule has 5 heteroatoms. The molecule has 24 heavy (non-hydrogen) atoms. The summed E-state index contributed by atoms with van der Waals surface area (Å²) in [5.41, 5.74) is 2.99. The molecule has 2 N–H and O–H groups in total. The number of H-pyrrole nitrogens is 1. The second-order valence-corrected chi connectivity index (χ2v) is 5.94. The Morgan fingerprint density at radius 2 is 1.83 bits per heavy atom. The van der Waals surface area contributed by atoms with Gasteiger partial charge < -0.3 is 15.0 Å². The number of fused-ring (bicyclic) bond motifs is 1. The first-order valence-electron chi connectivity index (χ1n) is 8.01. The van der Waals surface area contributed by atoms with Crippen molar-refractivity contribution in [2.24, 2.45) is 0 Å². The van der Waals surface area contributed by atoms with Gasteiger partial charge in [-0.15, -0.1) is 0 Å². The van der Waals surface area contributed by atoms with E-state index in [0.29, 0.717) is 5.75 Å². The molecule has 124 valence electrons. The van der Waals surface area contributed by atoms with Gasteiger partial charge in [-0.2, -0.15) is 0 Å². The van der Waals surface area contributed by atoms with E-state index < -0.39 is 6.10 Å². The van der Waals surface area contributed by atoms with Gasteiger partial charge in [-0.1, -0.05) is 29.8 Å². The number of ether oxygens (including phenoxy) is 1. The monoisotopic (exact) mass is 323 g/mol. The van der Waals surface area contributed by atoms with E-state index in [9.17, 15) is 4.79 Å². The van der Waals surface area contributed by atoms with Crippen molar-refractivity contribution in [3.05, 3.63) is 59.9 Å². The average molecular weight is 323 g/mol. The number of nitrogens with one attached hydrogen (secondary N) is 2. The topological polar surface area (TPSA) is 67.0 Å². The summed E-state index contributed by atoms with van der Waals surface area (Å²) < 4.78 is 5.68. The van der Waals surface area contributed by atoms with Gasteiger partial charge in [0.25, 0.3) is 5.91 Å². The van der Waals surface area contributed by atoms with Gasteiger partial charge in [-0.3, -0.25) is 4.79 Å². The fourth-order valence-electron chi connectivity index (χ4n) is 2.45. The van der Waals surface area contributed by atoms with Gasteiger partial charge in [0.15, 0.2) is 6.10 Å². The Hall–Kier alpha value is -2.82. The molecule has 1 amide bonds. The predicted octanol–water partition coefficient (Wildman–Crippen LogP) is 3.52. The highest BCUT2D eigenvalue weighted by Gasteiger charge is 2.19. The van der Waals surface area contributed by atoms with E-state index in [0.717, 1.165) is 22.4 Å². The van der Waals surface area contributed by atoms with Crippen LogP contribution < -0.4 is 10.1 Å². The zero-order valence-electron chi connectivity index (χ0n) is 14.0. The zero-order valence-corrected chi connectivity index (χ0v) is 14.0. The Kier molecular flexibility index (Phi) is 4.51. The average Bonchev–Trinajstić information content (AvgIpc) is 3.01. The van der Waals surface area contributed by atoms with Crippen LogP contribution in [0.1, 0.15) is 31.3 Å². The molecule has 1 heterocycles. The maximum atomic E-state index is 12.3. The molecule has 0 aliphatic rings. The van der Waals surface area contributed by atoms with Crippen molar-refractivity contribution in [1.29, 1.82) is 0 Å². The summed E-state index contributed by atoms with van der Waals surface area (Å²) in [6.07, 6.45) is -0.584. The third-order valence-electron chi connectivity index (χ3n) is 3.88. The first kappa shape index (κ1) is 16.1. The number of para-hydroxylation sites is 2. The minimum absolute atomic E-state index is 0.177. The largest absolute Gasteiger partial charge is 0.481 e. The molecule has 0 radical (unpaired) electrons. The van der Waals surface area contributed by atoms with Crippen LogP contribution in [-0.4, -0.2) is 22.0 Å². The van der Waals surface area contributed by atoms with Gasteiger partial charge in [-0.05, 0) is 45.0 Å². The van der Waals surface area contributed by atoms with Gasteiger partial charge in [0, 0.05) is 0 Å². The number of aromatic nitrogens is 2. The van der Waals surface area contributed by atoms with Crippen molar-refractivity contribution < 1.29 is 9.53 Å². The van der Waals surface area contributed by atoms with Crippen LogP contribution in [0.5, 0.6) is 5.75 Å². The first-order valence-corrected chi connectivity index (χ1v) is 8.01. The van der Waals surface area contributed by atoms with Crippen LogP contribution in [0.3, 0.4) is 0 Å². The minimum atomic E-state index is -0.584. The number of imidazole rings is 1. The zero-order chi connectivity index (χ0) is 17.1. The van der Waals surface area contributed by atoms with E-state index in [1.54, 1.807) is 6.92 Å². The molecule has 0 bridgehead atoms. The fraction of sp³-hybridized carbons (Fsp3) is 0.263. The molecule has 1 aromatic heterocycles. The molecule has 0 spiro atoms. The summed E-state index contributed by atoms with van der Waals surface area (Å²) in [4.78, 5) is 20.1. The van der Waals surface area contributed by atoms with Crippen LogP contribution >= 0.6 is 0 Å². The van der Waals surface area contributed by atoms with Crippen molar-refractivity contribution in [2.45, 2.75) is 32.9 Å². The van der Waals surface area contributed by atoms with Gasteiger partial charge >= 0.3 is 0 Å². The second-order valence-electron chi connectivity index (χ2n) is 5.94. The quantitative estimate of drug-likeness (QED) is 0.755. The number of aryl methyl sites for hydroxylation is 1. The Morgan fingerprint density at radius 1 is 1.12 bits per heavy atom. The molecule has 3 aromatic rings. The highest BCUT2D eigenvalue weighted by Crippen LogP contribution is 2.17. The number of rotatable bonds is 5. The molecule has 2 unspecified atom stereocenters. The van der Waals surface area contributed by atoms with E-state index in [4.69, 9.17) is 4.74 Å². The fourth-order valence-corrected chi connectivity index (χ4v) is 2.45. The highest BCUT2D eigenvalue weighted by molar-refractivity contribution is 5.81. The lowest BCUT2D eigenvalue weighted by Gasteiger charge is -2.17. The van der Waals surface area contributed by atoms with E-state index in [1.807, 2.05) is 62.4 Å². The second kappa shape index (κ2) is 6.74. The number of nitrogens with zero attached hydrogens (tertiary/aromatic N) is 1. The van der Waals surface area contributed by atoms with Crippen molar-refractivity contribution in [2.75, 3.05) is 0 Å². The predicted molar refractivity (Wildman–Crippen MR) is 93.9 cm³/mol. The number of amides is 1. The Morgan fingerprint density at radius 3 is 2.54 bits per heavy atom. The molecule has 0 fully saturated rings. The van der Waals surface area contributed by atoms with Gasteiger partial charge in [0.05, 0.1) is 17.1 Å². The van der Waals surface area contributed by atoms with Crippen molar-refractivity contribution in [1.82, 2.24) is 15.3 Å².